The lowest BCUT2D eigenvalue weighted by atomic mass is 9.92. The first kappa shape index (κ1) is 15.4. The van der Waals surface area contributed by atoms with Gasteiger partial charge in [0.2, 0.25) is 0 Å². The maximum Gasteiger partial charge on any atom is 0.320 e. The number of rotatable bonds is 6. The summed E-state index contributed by atoms with van der Waals surface area (Å²) >= 11 is 0. The quantitative estimate of drug-likeness (QED) is 0.840. The highest BCUT2D eigenvalue weighted by Gasteiger charge is 2.24. The fourth-order valence-corrected chi connectivity index (χ4v) is 3.38. The monoisotopic (exact) mass is 304 g/mol. The highest BCUT2D eigenvalue weighted by Crippen LogP contribution is 2.21. The van der Waals surface area contributed by atoms with E-state index in [4.69, 9.17) is 4.74 Å². The minimum Gasteiger partial charge on any atom is -0.480 e. The Balaban J connectivity index is 1.55. The van der Waals surface area contributed by atoms with Crippen molar-refractivity contribution in [2.75, 3.05) is 13.2 Å². The predicted octanol–water partition coefficient (Wildman–Crippen LogP) is 1.93. The summed E-state index contributed by atoms with van der Waals surface area (Å²) in [5.74, 6) is -0.331. The average molecular weight is 304 g/mol. The van der Waals surface area contributed by atoms with Gasteiger partial charge in [-0.15, -0.1) is 0 Å². The molecule has 0 radical (unpaired) electrons. The summed E-state index contributed by atoms with van der Waals surface area (Å²) in [5.41, 5.74) is 3.48. The zero-order valence-corrected chi connectivity index (χ0v) is 12.9. The number of hydrogen-bond acceptors (Lipinski definition) is 4. The molecule has 0 amide bonds. The Morgan fingerprint density at radius 2 is 2.18 bits per heavy atom. The number of aromatic nitrogens is 1. The van der Waals surface area contributed by atoms with E-state index in [1.165, 1.54) is 17.7 Å². The van der Waals surface area contributed by atoms with Crippen LogP contribution < -0.4 is 5.32 Å². The van der Waals surface area contributed by atoms with E-state index in [-0.39, 0.29) is 0 Å². The number of aliphatic carboxylic acids is 1. The molecule has 22 heavy (non-hydrogen) atoms. The maximum atomic E-state index is 11.5. The summed E-state index contributed by atoms with van der Waals surface area (Å²) in [6.45, 7) is 2.03. The number of nitrogens with one attached hydrogen (secondary N) is 1. The average Bonchev–Trinajstić information content (AvgIpc) is 2.99. The van der Waals surface area contributed by atoms with Crippen LogP contribution >= 0.6 is 0 Å². The number of fused-ring (bicyclic) bond motifs is 1. The predicted molar refractivity (Wildman–Crippen MR) is 82.7 cm³/mol. The van der Waals surface area contributed by atoms with Crippen molar-refractivity contribution < 1.29 is 14.6 Å². The molecule has 1 fully saturated rings. The van der Waals surface area contributed by atoms with Gasteiger partial charge in [0.1, 0.15) is 6.04 Å². The van der Waals surface area contributed by atoms with Gasteiger partial charge in [0, 0.05) is 25.5 Å². The number of carbonyl (C=O) groups is 1. The van der Waals surface area contributed by atoms with Gasteiger partial charge in [0.15, 0.2) is 0 Å². The number of ether oxygens (including phenoxy) is 1. The molecule has 5 nitrogen and oxygen atoms in total. The molecule has 2 N–H and O–H groups in total. The van der Waals surface area contributed by atoms with Gasteiger partial charge in [-0.2, -0.15) is 0 Å². The van der Waals surface area contributed by atoms with Crippen molar-refractivity contribution >= 4 is 5.97 Å². The zero-order chi connectivity index (χ0) is 15.4. The second-order valence-electron chi connectivity index (χ2n) is 6.33. The van der Waals surface area contributed by atoms with Crippen molar-refractivity contribution in [1.29, 1.82) is 0 Å². The van der Waals surface area contributed by atoms with Gasteiger partial charge in [-0.1, -0.05) is 6.07 Å². The lowest BCUT2D eigenvalue weighted by Gasteiger charge is -2.25. The Morgan fingerprint density at radius 3 is 2.95 bits per heavy atom. The van der Waals surface area contributed by atoms with Gasteiger partial charge < -0.3 is 9.84 Å². The standard InChI is InChI=1S/C17H24N2O3/c20-17(21)16(10-12-6-8-22-9-7-12)18-11-14-5-4-13-2-1-3-15(13)19-14/h4-5,12,16,18H,1-3,6-11H2,(H,20,21). The van der Waals surface area contributed by atoms with Gasteiger partial charge in [0.25, 0.3) is 0 Å². The van der Waals surface area contributed by atoms with Crippen LogP contribution in [0, 0.1) is 5.92 Å². The minimum absolute atomic E-state index is 0.440. The fourth-order valence-electron chi connectivity index (χ4n) is 3.38. The molecule has 5 heteroatoms. The first-order valence-electron chi connectivity index (χ1n) is 8.24. The Bertz CT molecular complexity index is 527. The minimum atomic E-state index is -0.771. The molecule has 0 bridgehead atoms. The molecule has 120 valence electrons. The van der Waals surface area contributed by atoms with E-state index in [2.05, 4.69) is 16.4 Å². The summed E-state index contributed by atoms with van der Waals surface area (Å²) in [5, 5.41) is 12.6. The summed E-state index contributed by atoms with van der Waals surface area (Å²) in [4.78, 5) is 16.1. The molecule has 1 aromatic heterocycles. The van der Waals surface area contributed by atoms with Crippen LogP contribution in [0.4, 0.5) is 0 Å². The first-order chi connectivity index (χ1) is 10.7. The van der Waals surface area contributed by atoms with Gasteiger partial charge in [0.05, 0.1) is 5.69 Å². The van der Waals surface area contributed by atoms with E-state index in [1.807, 2.05) is 6.07 Å². The van der Waals surface area contributed by atoms with Gasteiger partial charge in [-0.05, 0) is 56.1 Å². The number of carboxylic acids is 1. The van der Waals surface area contributed by atoms with E-state index < -0.39 is 12.0 Å². The molecule has 1 aliphatic carbocycles. The molecule has 0 saturated carbocycles. The van der Waals surface area contributed by atoms with E-state index in [0.29, 0.717) is 18.9 Å². The Kier molecular flexibility index (Phi) is 5.05. The smallest absolute Gasteiger partial charge is 0.320 e. The van der Waals surface area contributed by atoms with Crippen molar-refractivity contribution in [2.24, 2.45) is 5.92 Å². The number of hydrogen-bond donors (Lipinski definition) is 2. The molecular weight excluding hydrogens is 280 g/mol. The molecular formula is C17H24N2O3. The summed E-state index contributed by atoms with van der Waals surface area (Å²) in [6, 6.07) is 3.66. The van der Waals surface area contributed by atoms with Crippen LogP contribution in [-0.2, 0) is 28.9 Å². The van der Waals surface area contributed by atoms with E-state index in [9.17, 15) is 9.90 Å². The third-order valence-corrected chi connectivity index (χ3v) is 4.72. The topological polar surface area (TPSA) is 71.5 Å². The van der Waals surface area contributed by atoms with Gasteiger partial charge in [-0.3, -0.25) is 15.1 Å². The number of nitrogens with zero attached hydrogens (tertiary/aromatic N) is 1. The van der Waals surface area contributed by atoms with E-state index in [1.54, 1.807) is 0 Å². The highest BCUT2D eigenvalue weighted by atomic mass is 16.5. The van der Waals surface area contributed by atoms with Gasteiger partial charge >= 0.3 is 5.97 Å². The third-order valence-electron chi connectivity index (χ3n) is 4.72. The van der Waals surface area contributed by atoms with Crippen molar-refractivity contribution in [2.45, 2.75) is 51.1 Å². The molecule has 2 aliphatic rings. The molecule has 1 unspecified atom stereocenters. The highest BCUT2D eigenvalue weighted by molar-refractivity contribution is 5.73. The number of carboxylic acid groups (broad SMARTS) is 1. The van der Waals surface area contributed by atoms with Crippen molar-refractivity contribution in [1.82, 2.24) is 10.3 Å². The van der Waals surface area contributed by atoms with Crippen LogP contribution in [-0.4, -0.2) is 35.3 Å². The second-order valence-corrected chi connectivity index (χ2v) is 6.33. The maximum absolute atomic E-state index is 11.5. The molecule has 1 saturated heterocycles. The second kappa shape index (κ2) is 7.20. The molecule has 2 heterocycles. The summed E-state index contributed by atoms with van der Waals surface area (Å²) in [7, 11) is 0. The summed E-state index contributed by atoms with van der Waals surface area (Å²) < 4.78 is 5.34. The van der Waals surface area contributed by atoms with Crippen LogP contribution in [0.3, 0.4) is 0 Å². The molecule has 0 aromatic carbocycles. The summed E-state index contributed by atoms with van der Waals surface area (Å²) in [6.07, 6.45) is 5.95. The lowest BCUT2D eigenvalue weighted by Crippen LogP contribution is -2.39. The van der Waals surface area contributed by atoms with Crippen molar-refractivity contribution in [3.05, 3.63) is 29.1 Å². The van der Waals surface area contributed by atoms with Crippen molar-refractivity contribution in [3.63, 3.8) is 0 Å². The molecule has 0 spiro atoms. The van der Waals surface area contributed by atoms with Crippen LogP contribution in [0.15, 0.2) is 12.1 Å². The zero-order valence-electron chi connectivity index (χ0n) is 12.9. The van der Waals surface area contributed by atoms with E-state index >= 15 is 0 Å². The van der Waals surface area contributed by atoms with Crippen LogP contribution in [0.1, 0.15) is 42.6 Å². The largest absolute Gasteiger partial charge is 0.480 e. The first-order valence-corrected chi connectivity index (χ1v) is 8.24. The Hall–Kier alpha value is -1.46. The lowest BCUT2D eigenvalue weighted by molar-refractivity contribution is -0.140. The number of pyridine rings is 1. The van der Waals surface area contributed by atoms with Crippen LogP contribution in [0.5, 0.6) is 0 Å². The number of aryl methyl sites for hydroxylation is 2. The molecule has 3 rings (SSSR count). The third kappa shape index (κ3) is 3.84. The van der Waals surface area contributed by atoms with Gasteiger partial charge in [-0.25, -0.2) is 0 Å². The van der Waals surface area contributed by atoms with Crippen molar-refractivity contribution in [3.8, 4) is 0 Å². The van der Waals surface area contributed by atoms with E-state index in [0.717, 1.165) is 44.6 Å². The SMILES string of the molecule is O=C(O)C(CC1CCOCC1)NCc1ccc2c(n1)CCC2. The molecule has 1 aliphatic heterocycles. The van der Waals surface area contributed by atoms with Crippen LogP contribution in [0.2, 0.25) is 0 Å². The molecule has 1 aromatic rings. The normalized spacial score (nSPS) is 19.8. The van der Waals surface area contributed by atoms with Crippen LogP contribution in [0.25, 0.3) is 0 Å². The Morgan fingerprint density at radius 1 is 1.36 bits per heavy atom. The Labute approximate surface area is 131 Å². The molecule has 1 atom stereocenters. The fraction of sp³-hybridized carbons (Fsp3) is 0.647.